The summed E-state index contributed by atoms with van der Waals surface area (Å²) in [4.78, 5) is 12.0. The van der Waals surface area contributed by atoms with Gasteiger partial charge in [0, 0.05) is 14.6 Å². The van der Waals surface area contributed by atoms with Crippen LogP contribution in [-0.4, -0.2) is 5.91 Å². The van der Waals surface area contributed by atoms with E-state index in [4.69, 9.17) is 5.73 Å². The largest absolute Gasteiger partial charge is 0.398 e. The molecule has 0 saturated carbocycles. The highest BCUT2D eigenvalue weighted by atomic mass is 79.9. The molecule has 4 nitrogen and oxygen atoms in total. The Hall–Kier alpha value is -1.53. The Morgan fingerprint density at radius 1 is 1.00 bits per heavy atom. The number of halogens is 2. The predicted molar refractivity (Wildman–Crippen MR) is 83.8 cm³/mol. The van der Waals surface area contributed by atoms with Crippen molar-refractivity contribution in [3.8, 4) is 0 Å². The minimum atomic E-state index is -0.290. The molecule has 0 bridgehead atoms. The van der Waals surface area contributed by atoms with Crippen LogP contribution in [0.4, 0.5) is 11.4 Å². The molecule has 6 heteroatoms. The van der Waals surface area contributed by atoms with Crippen LogP contribution in [-0.2, 0) is 0 Å². The SMILES string of the molecule is Nc1ccc(Br)cc1C(=O)NNc1ccc(Br)cc1. The number of nitrogens with one attached hydrogen (secondary N) is 2. The predicted octanol–water partition coefficient (Wildman–Crippen LogP) is 3.55. The molecule has 2 aromatic carbocycles. The Balaban J connectivity index is 2.05. The molecular weight excluding hydrogens is 374 g/mol. The van der Waals surface area contributed by atoms with Crippen molar-refractivity contribution in [2.75, 3.05) is 11.2 Å². The second kappa shape index (κ2) is 6.08. The van der Waals surface area contributed by atoms with Gasteiger partial charge in [-0.1, -0.05) is 31.9 Å². The van der Waals surface area contributed by atoms with Crippen molar-refractivity contribution in [1.29, 1.82) is 0 Å². The number of anilines is 2. The molecule has 0 spiro atoms. The summed E-state index contributed by atoms with van der Waals surface area (Å²) in [7, 11) is 0. The molecule has 0 heterocycles. The van der Waals surface area contributed by atoms with Crippen molar-refractivity contribution in [2.24, 2.45) is 0 Å². The molecule has 0 aliphatic heterocycles. The molecule has 0 unspecified atom stereocenters. The topological polar surface area (TPSA) is 67.2 Å². The molecule has 2 rings (SSSR count). The number of hydrazine groups is 1. The van der Waals surface area contributed by atoms with Gasteiger partial charge in [-0.2, -0.15) is 0 Å². The fourth-order valence-electron chi connectivity index (χ4n) is 1.45. The molecule has 0 atom stereocenters. The van der Waals surface area contributed by atoms with Gasteiger partial charge in [-0.15, -0.1) is 0 Å². The lowest BCUT2D eigenvalue weighted by Gasteiger charge is -2.10. The van der Waals surface area contributed by atoms with Gasteiger partial charge in [0.05, 0.1) is 11.3 Å². The maximum atomic E-state index is 12.0. The fraction of sp³-hybridized carbons (Fsp3) is 0. The number of rotatable bonds is 3. The Kier molecular flexibility index (Phi) is 4.44. The van der Waals surface area contributed by atoms with Crippen molar-refractivity contribution in [3.63, 3.8) is 0 Å². The Labute approximate surface area is 127 Å². The first-order chi connectivity index (χ1) is 9.06. The van der Waals surface area contributed by atoms with E-state index >= 15 is 0 Å². The minimum absolute atomic E-state index is 0.290. The number of amides is 1. The van der Waals surface area contributed by atoms with E-state index in [0.717, 1.165) is 14.6 Å². The van der Waals surface area contributed by atoms with E-state index in [1.165, 1.54) is 0 Å². The second-order valence-electron chi connectivity index (χ2n) is 3.82. The van der Waals surface area contributed by atoms with Crippen molar-refractivity contribution in [2.45, 2.75) is 0 Å². The smallest absolute Gasteiger partial charge is 0.271 e. The summed E-state index contributed by atoms with van der Waals surface area (Å²) in [6, 6.07) is 12.6. The summed E-state index contributed by atoms with van der Waals surface area (Å²) in [6.45, 7) is 0. The van der Waals surface area contributed by atoms with E-state index in [1.807, 2.05) is 24.3 Å². The van der Waals surface area contributed by atoms with Crippen LogP contribution in [0.25, 0.3) is 0 Å². The van der Waals surface area contributed by atoms with Crippen molar-refractivity contribution >= 4 is 49.1 Å². The average Bonchev–Trinajstić information content (AvgIpc) is 2.40. The lowest BCUT2D eigenvalue weighted by molar-refractivity contribution is 0.0963. The first kappa shape index (κ1) is 13.9. The zero-order valence-electron chi connectivity index (χ0n) is 9.78. The molecule has 0 aliphatic carbocycles. The Morgan fingerprint density at radius 2 is 1.63 bits per heavy atom. The van der Waals surface area contributed by atoms with Crippen molar-refractivity contribution < 1.29 is 4.79 Å². The van der Waals surface area contributed by atoms with E-state index in [2.05, 4.69) is 42.7 Å². The van der Waals surface area contributed by atoms with Gasteiger partial charge in [0.25, 0.3) is 5.91 Å². The van der Waals surface area contributed by atoms with Gasteiger partial charge in [0.1, 0.15) is 0 Å². The van der Waals surface area contributed by atoms with Gasteiger partial charge in [0.2, 0.25) is 0 Å². The molecule has 2 aromatic rings. The van der Waals surface area contributed by atoms with Gasteiger partial charge in [-0.05, 0) is 42.5 Å². The second-order valence-corrected chi connectivity index (χ2v) is 5.65. The normalized spacial score (nSPS) is 10.0. The van der Waals surface area contributed by atoms with Gasteiger partial charge in [-0.3, -0.25) is 15.6 Å². The first-order valence-electron chi connectivity index (χ1n) is 5.43. The van der Waals surface area contributed by atoms with Gasteiger partial charge in [-0.25, -0.2) is 0 Å². The quantitative estimate of drug-likeness (QED) is 0.560. The maximum Gasteiger partial charge on any atom is 0.271 e. The molecule has 0 radical (unpaired) electrons. The molecule has 19 heavy (non-hydrogen) atoms. The lowest BCUT2D eigenvalue weighted by atomic mass is 10.2. The number of carbonyl (C=O) groups excluding carboxylic acids is 1. The number of nitrogens with two attached hydrogens (primary N) is 1. The summed E-state index contributed by atoms with van der Waals surface area (Å²) in [6.07, 6.45) is 0. The molecule has 0 fully saturated rings. The van der Waals surface area contributed by atoms with E-state index in [9.17, 15) is 4.79 Å². The fourth-order valence-corrected chi connectivity index (χ4v) is 2.08. The van der Waals surface area contributed by atoms with Crippen molar-refractivity contribution in [3.05, 3.63) is 57.0 Å². The van der Waals surface area contributed by atoms with E-state index in [0.29, 0.717) is 11.3 Å². The van der Waals surface area contributed by atoms with Gasteiger partial charge in [0.15, 0.2) is 0 Å². The molecule has 98 valence electrons. The van der Waals surface area contributed by atoms with Crippen LogP contribution in [0.5, 0.6) is 0 Å². The lowest BCUT2D eigenvalue weighted by Crippen LogP contribution is -2.29. The third-order valence-electron chi connectivity index (χ3n) is 2.42. The number of nitrogen functional groups attached to an aromatic ring is 1. The average molecular weight is 385 g/mol. The van der Waals surface area contributed by atoms with Crippen molar-refractivity contribution in [1.82, 2.24) is 5.43 Å². The van der Waals surface area contributed by atoms with Crippen LogP contribution in [0, 0.1) is 0 Å². The summed E-state index contributed by atoms with van der Waals surface area (Å²) >= 11 is 6.65. The van der Waals surface area contributed by atoms with Crippen LogP contribution < -0.4 is 16.6 Å². The molecule has 1 amide bonds. The number of hydrogen-bond acceptors (Lipinski definition) is 3. The van der Waals surface area contributed by atoms with Gasteiger partial charge < -0.3 is 5.73 Å². The monoisotopic (exact) mass is 383 g/mol. The molecule has 4 N–H and O–H groups in total. The first-order valence-corrected chi connectivity index (χ1v) is 7.02. The molecule has 0 saturated heterocycles. The van der Waals surface area contributed by atoms with Crippen LogP contribution in [0.15, 0.2) is 51.4 Å². The Bertz CT molecular complexity index is 599. The molecule has 0 aromatic heterocycles. The van der Waals surface area contributed by atoms with Crippen LogP contribution in [0.2, 0.25) is 0 Å². The van der Waals surface area contributed by atoms with Crippen LogP contribution in [0.1, 0.15) is 10.4 Å². The third kappa shape index (κ3) is 3.71. The standard InChI is InChI=1S/C13H11Br2N3O/c14-8-1-4-10(5-2-8)17-18-13(19)11-7-9(15)3-6-12(11)16/h1-7,17H,16H2,(H,18,19). The van der Waals surface area contributed by atoms with Crippen LogP contribution in [0.3, 0.4) is 0 Å². The van der Waals surface area contributed by atoms with Gasteiger partial charge >= 0.3 is 0 Å². The molecular formula is C13H11Br2N3O. The molecule has 0 aliphatic rings. The number of hydrogen-bond donors (Lipinski definition) is 3. The number of carbonyl (C=O) groups is 1. The minimum Gasteiger partial charge on any atom is -0.398 e. The van der Waals surface area contributed by atoms with E-state index in [-0.39, 0.29) is 5.91 Å². The summed E-state index contributed by atoms with van der Waals surface area (Å²) in [5.74, 6) is -0.290. The number of benzene rings is 2. The zero-order chi connectivity index (χ0) is 13.8. The highest BCUT2D eigenvalue weighted by molar-refractivity contribution is 9.10. The third-order valence-corrected chi connectivity index (χ3v) is 3.45. The van der Waals surface area contributed by atoms with E-state index in [1.54, 1.807) is 18.2 Å². The maximum absolute atomic E-state index is 12.0. The van der Waals surface area contributed by atoms with Crippen LogP contribution >= 0.6 is 31.9 Å². The highest BCUT2D eigenvalue weighted by Gasteiger charge is 2.09. The summed E-state index contributed by atoms with van der Waals surface area (Å²) in [5, 5.41) is 0. The van der Waals surface area contributed by atoms with E-state index < -0.39 is 0 Å². The Morgan fingerprint density at radius 3 is 2.32 bits per heavy atom. The zero-order valence-corrected chi connectivity index (χ0v) is 13.0. The summed E-state index contributed by atoms with van der Waals surface area (Å²) in [5.41, 5.74) is 12.8. The summed E-state index contributed by atoms with van der Waals surface area (Å²) < 4.78 is 1.77. The highest BCUT2D eigenvalue weighted by Crippen LogP contribution is 2.18.